The van der Waals surface area contributed by atoms with E-state index in [0.29, 0.717) is 13.2 Å². The third kappa shape index (κ3) is 5.44. The zero-order valence-electron chi connectivity index (χ0n) is 9.36. The number of hydrogen-bond acceptors (Lipinski definition) is 5. The Kier molecular flexibility index (Phi) is 4.48. The minimum Gasteiger partial charge on any atom is -0.394 e. The van der Waals surface area contributed by atoms with Crippen LogP contribution in [0, 0.1) is 0 Å². The number of aliphatic hydroxyl groups is 2. The summed E-state index contributed by atoms with van der Waals surface area (Å²) in [6, 6.07) is 0. The zero-order valence-corrected chi connectivity index (χ0v) is 9.36. The molecule has 2 N–H and O–H groups in total. The van der Waals surface area contributed by atoms with Crippen LogP contribution in [0.4, 0.5) is 0 Å². The zero-order chi connectivity index (χ0) is 11.4. The van der Waals surface area contributed by atoms with Crippen molar-refractivity contribution in [1.29, 1.82) is 0 Å². The molecule has 0 aromatic rings. The van der Waals surface area contributed by atoms with E-state index in [1.54, 1.807) is 0 Å². The van der Waals surface area contributed by atoms with Crippen molar-refractivity contribution in [2.75, 3.05) is 39.6 Å². The summed E-state index contributed by atoms with van der Waals surface area (Å²) in [7, 11) is 0. The highest BCUT2D eigenvalue weighted by Crippen LogP contribution is 2.29. The second-order valence-electron chi connectivity index (χ2n) is 4.42. The third-order valence-electron chi connectivity index (χ3n) is 2.19. The molecule has 2 atom stereocenters. The van der Waals surface area contributed by atoms with Crippen LogP contribution in [0.3, 0.4) is 0 Å². The Labute approximate surface area is 89.9 Å². The van der Waals surface area contributed by atoms with Crippen molar-refractivity contribution in [2.24, 2.45) is 0 Å². The number of hydrogen-bond donors (Lipinski definition) is 2. The lowest BCUT2D eigenvalue weighted by molar-refractivity contribution is 0.0520. The fourth-order valence-electron chi connectivity index (χ4n) is 0.896. The molecule has 0 aromatic carbocycles. The van der Waals surface area contributed by atoms with Gasteiger partial charge in [-0.05, 0) is 13.8 Å². The first-order valence-corrected chi connectivity index (χ1v) is 5.11. The first kappa shape index (κ1) is 12.9. The number of rotatable bonds is 5. The Hall–Kier alpha value is -0.200. The van der Waals surface area contributed by atoms with Crippen LogP contribution in [-0.4, -0.2) is 61.1 Å². The van der Waals surface area contributed by atoms with Crippen molar-refractivity contribution in [3.8, 4) is 0 Å². The number of epoxide rings is 2. The fourth-order valence-corrected chi connectivity index (χ4v) is 0.896. The van der Waals surface area contributed by atoms with Gasteiger partial charge in [0.15, 0.2) is 0 Å². The summed E-state index contributed by atoms with van der Waals surface area (Å²) in [6.45, 7) is 6.94. The average Bonchev–Trinajstić information content (AvgIpc) is 3.10. The molecule has 90 valence electrons. The van der Waals surface area contributed by atoms with Gasteiger partial charge in [0, 0.05) is 0 Å². The molecule has 0 spiro atoms. The van der Waals surface area contributed by atoms with Gasteiger partial charge in [-0.3, -0.25) is 0 Å². The smallest absolute Gasteiger partial charge is 0.112 e. The van der Waals surface area contributed by atoms with Crippen LogP contribution in [0.1, 0.15) is 13.8 Å². The average molecular weight is 220 g/mol. The van der Waals surface area contributed by atoms with E-state index < -0.39 is 0 Å². The molecule has 2 unspecified atom stereocenters. The minimum atomic E-state index is -0.125. The topological polar surface area (TPSA) is 74.8 Å². The summed E-state index contributed by atoms with van der Waals surface area (Å²) in [5.41, 5.74) is 0.0382. The molecule has 0 aromatic heterocycles. The van der Waals surface area contributed by atoms with Gasteiger partial charge >= 0.3 is 0 Å². The maximum absolute atomic E-state index is 7.62. The summed E-state index contributed by atoms with van der Waals surface area (Å²) in [5, 5.41) is 15.2. The largest absolute Gasteiger partial charge is 0.394 e. The van der Waals surface area contributed by atoms with E-state index in [1.165, 1.54) is 0 Å². The normalized spacial score (nSPS) is 36.8. The Balaban J connectivity index is 0.000000245. The van der Waals surface area contributed by atoms with E-state index in [9.17, 15) is 0 Å². The molecule has 2 aliphatic heterocycles. The highest BCUT2D eigenvalue weighted by atomic mass is 16.6. The predicted molar refractivity (Wildman–Crippen MR) is 53.7 cm³/mol. The second-order valence-corrected chi connectivity index (χ2v) is 4.42. The SMILES string of the molecule is CC1(COCC2(C)CO2)CO1.OCCO. The van der Waals surface area contributed by atoms with E-state index in [1.807, 2.05) is 0 Å². The lowest BCUT2D eigenvalue weighted by Gasteiger charge is -2.08. The van der Waals surface area contributed by atoms with Gasteiger partial charge < -0.3 is 24.4 Å². The lowest BCUT2D eigenvalue weighted by atomic mass is 10.2. The summed E-state index contributed by atoms with van der Waals surface area (Å²) in [6.07, 6.45) is 0. The van der Waals surface area contributed by atoms with Crippen LogP contribution in [-0.2, 0) is 14.2 Å². The molecule has 2 heterocycles. The van der Waals surface area contributed by atoms with Crippen molar-refractivity contribution in [3.63, 3.8) is 0 Å². The van der Waals surface area contributed by atoms with Crippen LogP contribution >= 0.6 is 0 Å². The highest BCUT2D eigenvalue weighted by Gasteiger charge is 2.43. The van der Waals surface area contributed by atoms with Crippen LogP contribution in [0.5, 0.6) is 0 Å². The van der Waals surface area contributed by atoms with Crippen molar-refractivity contribution in [1.82, 2.24) is 0 Å². The molecular weight excluding hydrogens is 200 g/mol. The second kappa shape index (κ2) is 5.23. The van der Waals surface area contributed by atoms with Crippen molar-refractivity contribution in [3.05, 3.63) is 0 Å². The van der Waals surface area contributed by atoms with E-state index in [2.05, 4.69) is 13.8 Å². The van der Waals surface area contributed by atoms with E-state index in [0.717, 1.165) is 13.2 Å². The van der Waals surface area contributed by atoms with E-state index >= 15 is 0 Å². The molecule has 0 amide bonds. The monoisotopic (exact) mass is 220 g/mol. The van der Waals surface area contributed by atoms with Gasteiger partial charge in [0.05, 0.1) is 39.6 Å². The Morgan fingerprint density at radius 2 is 1.33 bits per heavy atom. The molecular formula is C10H20O5. The molecule has 0 saturated carbocycles. The standard InChI is InChI=1S/C8H14O3.C2H6O2/c1-7(5-10-7)3-9-4-8(2)6-11-8;3-1-2-4/h3-6H2,1-2H3;3-4H,1-2H2. The molecule has 2 fully saturated rings. The number of ether oxygens (including phenoxy) is 3. The summed E-state index contributed by atoms with van der Waals surface area (Å²) in [5.74, 6) is 0. The molecule has 2 aliphatic rings. The van der Waals surface area contributed by atoms with Gasteiger partial charge in [-0.25, -0.2) is 0 Å². The van der Waals surface area contributed by atoms with Gasteiger partial charge in [0.1, 0.15) is 11.2 Å². The van der Waals surface area contributed by atoms with Crippen molar-refractivity contribution in [2.45, 2.75) is 25.0 Å². The van der Waals surface area contributed by atoms with Crippen LogP contribution in [0.25, 0.3) is 0 Å². The van der Waals surface area contributed by atoms with Gasteiger partial charge in [0.25, 0.3) is 0 Å². The Morgan fingerprint density at radius 1 is 1.00 bits per heavy atom. The van der Waals surface area contributed by atoms with Crippen LogP contribution < -0.4 is 0 Å². The predicted octanol–water partition coefficient (Wildman–Crippen LogP) is -0.448. The first-order chi connectivity index (χ1) is 7.04. The van der Waals surface area contributed by atoms with Crippen LogP contribution in [0.15, 0.2) is 0 Å². The summed E-state index contributed by atoms with van der Waals surface area (Å²) >= 11 is 0. The Morgan fingerprint density at radius 3 is 1.53 bits per heavy atom. The molecule has 0 bridgehead atoms. The minimum absolute atomic E-state index is 0.0191. The molecule has 5 heteroatoms. The maximum atomic E-state index is 7.62. The van der Waals surface area contributed by atoms with Gasteiger partial charge in [0.2, 0.25) is 0 Å². The van der Waals surface area contributed by atoms with E-state index in [-0.39, 0.29) is 24.4 Å². The van der Waals surface area contributed by atoms with Gasteiger partial charge in [-0.15, -0.1) is 0 Å². The molecule has 0 radical (unpaired) electrons. The molecule has 5 nitrogen and oxygen atoms in total. The van der Waals surface area contributed by atoms with Gasteiger partial charge in [-0.2, -0.15) is 0 Å². The van der Waals surface area contributed by atoms with Crippen molar-refractivity contribution < 1.29 is 24.4 Å². The third-order valence-corrected chi connectivity index (χ3v) is 2.19. The fraction of sp³-hybridized carbons (Fsp3) is 1.00. The maximum Gasteiger partial charge on any atom is 0.112 e. The van der Waals surface area contributed by atoms with Crippen LogP contribution in [0.2, 0.25) is 0 Å². The number of aliphatic hydroxyl groups excluding tert-OH is 2. The Bertz CT molecular complexity index is 166. The summed E-state index contributed by atoms with van der Waals surface area (Å²) in [4.78, 5) is 0. The van der Waals surface area contributed by atoms with E-state index in [4.69, 9.17) is 24.4 Å². The molecule has 2 saturated heterocycles. The quantitative estimate of drug-likeness (QED) is 0.614. The highest BCUT2D eigenvalue weighted by molar-refractivity contribution is 4.89. The molecule has 0 aliphatic carbocycles. The molecule has 15 heavy (non-hydrogen) atoms. The van der Waals surface area contributed by atoms with Gasteiger partial charge in [-0.1, -0.05) is 0 Å². The lowest BCUT2D eigenvalue weighted by Crippen LogP contribution is -2.21. The molecule has 2 rings (SSSR count). The van der Waals surface area contributed by atoms with Crippen molar-refractivity contribution >= 4 is 0 Å². The first-order valence-electron chi connectivity index (χ1n) is 5.11. The summed E-state index contributed by atoms with van der Waals surface area (Å²) < 4.78 is 15.8.